The quantitative estimate of drug-likeness (QED) is 0.877. The first-order chi connectivity index (χ1) is 9.65. The predicted octanol–water partition coefficient (Wildman–Crippen LogP) is 4.12. The summed E-state index contributed by atoms with van der Waals surface area (Å²) in [6.07, 6.45) is 5.12. The summed E-state index contributed by atoms with van der Waals surface area (Å²) in [6, 6.07) is 8.72. The van der Waals surface area contributed by atoms with Crippen molar-refractivity contribution < 1.29 is 0 Å². The highest BCUT2D eigenvalue weighted by Crippen LogP contribution is 2.35. The molecule has 3 nitrogen and oxygen atoms in total. The minimum Gasteiger partial charge on any atom is -0.382 e. The number of anilines is 1. The minimum atomic E-state index is 0.556. The monoisotopic (exact) mass is 269 g/mol. The maximum Gasteiger partial charge on any atom is 0.153 e. The Bertz CT molecular complexity index is 577. The van der Waals surface area contributed by atoms with E-state index < -0.39 is 0 Å². The second kappa shape index (κ2) is 5.31. The summed E-state index contributed by atoms with van der Waals surface area (Å²) in [5.41, 5.74) is 10.9. The summed E-state index contributed by atoms with van der Waals surface area (Å²) < 4.78 is 0. The minimum absolute atomic E-state index is 0.556. The molecule has 1 aromatic carbocycles. The lowest BCUT2D eigenvalue weighted by atomic mass is 9.81. The number of aromatic amines is 1. The molecule has 106 valence electrons. The van der Waals surface area contributed by atoms with Crippen LogP contribution in [0.15, 0.2) is 24.3 Å². The zero-order chi connectivity index (χ0) is 14.1. The third-order valence-corrected chi connectivity index (χ3v) is 4.45. The van der Waals surface area contributed by atoms with Gasteiger partial charge in [-0.15, -0.1) is 0 Å². The first-order valence-corrected chi connectivity index (χ1v) is 7.58. The second-order valence-electron chi connectivity index (χ2n) is 6.24. The van der Waals surface area contributed by atoms with Crippen molar-refractivity contribution in [3.05, 3.63) is 35.5 Å². The Kier molecular flexibility index (Phi) is 3.51. The lowest BCUT2D eigenvalue weighted by Gasteiger charge is -2.25. The van der Waals surface area contributed by atoms with E-state index >= 15 is 0 Å². The molecule has 0 bridgehead atoms. The van der Waals surface area contributed by atoms with E-state index in [-0.39, 0.29) is 0 Å². The predicted molar refractivity (Wildman–Crippen MR) is 83.6 cm³/mol. The molecule has 0 unspecified atom stereocenters. The molecule has 1 aromatic heterocycles. The van der Waals surface area contributed by atoms with Gasteiger partial charge in [0.2, 0.25) is 0 Å². The molecule has 0 saturated heterocycles. The van der Waals surface area contributed by atoms with E-state index in [0.717, 1.165) is 17.9 Å². The second-order valence-corrected chi connectivity index (χ2v) is 6.24. The van der Waals surface area contributed by atoms with Gasteiger partial charge in [-0.25, -0.2) is 0 Å². The fourth-order valence-electron chi connectivity index (χ4n) is 2.88. The van der Waals surface area contributed by atoms with Gasteiger partial charge in [0.25, 0.3) is 0 Å². The smallest absolute Gasteiger partial charge is 0.153 e. The zero-order valence-electron chi connectivity index (χ0n) is 12.3. The van der Waals surface area contributed by atoms with Crippen LogP contribution in [-0.2, 0) is 6.42 Å². The van der Waals surface area contributed by atoms with Crippen LogP contribution in [0.5, 0.6) is 0 Å². The highest BCUT2D eigenvalue weighted by molar-refractivity contribution is 5.76. The number of rotatable bonds is 4. The standard InChI is InChI=1S/C17H23N3/c1-11(2)13-6-8-14(9-7-13)16-15(19-20-17(16)18)10-12-4-3-5-12/h6-9,11-12H,3-5,10H2,1-2H3,(H3,18,19,20). The topological polar surface area (TPSA) is 54.7 Å². The number of aromatic nitrogens is 2. The van der Waals surface area contributed by atoms with Crippen LogP contribution in [-0.4, -0.2) is 10.2 Å². The molecule has 1 fully saturated rings. The Morgan fingerprint density at radius 3 is 2.50 bits per heavy atom. The van der Waals surface area contributed by atoms with Gasteiger partial charge < -0.3 is 5.73 Å². The van der Waals surface area contributed by atoms with Crippen molar-refractivity contribution in [1.29, 1.82) is 0 Å². The molecule has 3 N–H and O–H groups in total. The van der Waals surface area contributed by atoms with Gasteiger partial charge in [-0.3, -0.25) is 5.10 Å². The molecule has 1 aliphatic carbocycles. The van der Waals surface area contributed by atoms with Crippen molar-refractivity contribution in [1.82, 2.24) is 10.2 Å². The Balaban J connectivity index is 1.89. The van der Waals surface area contributed by atoms with Crippen molar-refractivity contribution in [2.75, 3.05) is 5.73 Å². The summed E-state index contributed by atoms with van der Waals surface area (Å²) in [4.78, 5) is 0. The molecule has 0 spiro atoms. The maximum atomic E-state index is 6.06. The number of H-pyrrole nitrogens is 1. The van der Waals surface area contributed by atoms with Crippen LogP contribution in [0, 0.1) is 5.92 Å². The van der Waals surface area contributed by atoms with E-state index in [1.807, 2.05) is 0 Å². The van der Waals surface area contributed by atoms with Crippen LogP contribution in [0.25, 0.3) is 11.1 Å². The lowest BCUT2D eigenvalue weighted by molar-refractivity contribution is 0.312. The van der Waals surface area contributed by atoms with E-state index in [1.54, 1.807) is 0 Å². The van der Waals surface area contributed by atoms with E-state index in [9.17, 15) is 0 Å². The van der Waals surface area contributed by atoms with Crippen molar-refractivity contribution in [3.8, 4) is 11.1 Å². The summed E-state index contributed by atoms with van der Waals surface area (Å²) >= 11 is 0. The van der Waals surface area contributed by atoms with E-state index in [1.165, 1.54) is 36.1 Å². The average molecular weight is 269 g/mol. The SMILES string of the molecule is CC(C)c1ccc(-c2c(N)n[nH]c2CC2CCC2)cc1. The van der Waals surface area contributed by atoms with Crippen LogP contribution in [0.3, 0.4) is 0 Å². The summed E-state index contributed by atoms with van der Waals surface area (Å²) in [6.45, 7) is 4.42. The number of nitrogens with one attached hydrogen (secondary N) is 1. The summed E-state index contributed by atoms with van der Waals surface area (Å²) in [5, 5.41) is 7.35. The summed E-state index contributed by atoms with van der Waals surface area (Å²) in [5.74, 6) is 1.99. The molecule has 2 aromatic rings. The van der Waals surface area contributed by atoms with E-state index in [0.29, 0.717) is 11.7 Å². The van der Waals surface area contributed by atoms with Crippen molar-refractivity contribution >= 4 is 5.82 Å². The molecule has 1 aliphatic rings. The Labute approximate surface area is 120 Å². The van der Waals surface area contributed by atoms with Crippen molar-refractivity contribution in [2.45, 2.75) is 45.4 Å². The molecule has 1 saturated carbocycles. The number of hydrogen-bond acceptors (Lipinski definition) is 2. The highest BCUT2D eigenvalue weighted by atomic mass is 15.2. The third-order valence-electron chi connectivity index (χ3n) is 4.45. The lowest BCUT2D eigenvalue weighted by Crippen LogP contribution is -2.14. The molecule has 3 rings (SSSR count). The Morgan fingerprint density at radius 2 is 1.95 bits per heavy atom. The van der Waals surface area contributed by atoms with Gasteiger partial charge in [-0.05, 0) is 29.4 Å². The van der Waals surface area contributed by atoms with Crippen LogP contribution in [0.4, 0.5) is 5.82 Å². The molecule has 3 heteroatoms. The Hall–Kier alpha value is -1.77. The molecule has 0 atom stereocenters. The number of benzene rings is 1. The van der Waals surface area contributed by atoms with E-state index in [2.05, 4.69) is 48.3 Å². The molecule has 0 radical (unpaired) electrons. The van der Waals surface area contributed by atoms with Gasteiger partial charge in [0.05, 0.1) is 0 Å². The van der Waals surface area contributed by atoms with Gasteiger partial charge >= 0.3 is 0 Å². The normalized spacial score (nSPS) is 15.6. The van der Waals surface area contributed by atoms with Crippen LogP contribution >= 0.6 is 0 Å². The molecule has 0 amide bonds. The average Bonchev–Trinajstić information content (AvgIpc) is 2.75. The van der Waals surface area contributed by atoms with Gasteiger partial charge in [-0.1, -0.05) is 57.4 Å². The van der Waals surface area contributed by atoms with Crippen LogP contribution in [0.1, 0.15) is 50.3 Å². The van der Waals surface area contributed by atoms with Gasteiger partial charge in [0, 0.05) is 11.3 Å². The fraction of sp³-hybridized carbons (Fsp3) is 0.471. The highest BCUT2D eigenvalue weighted by Gasteiger charge is 2.22. The largest absolute Gasteiger partial charge is 0.382 e. The van der Waals surface area contributed by atoms with Gasteiger partial charge in [0.1, 0.15) is 0 Å². The van der Waals surface area contributed by atoms with Gasteiger partial charge in [0.15, 0.2) is 5.82 Å². The first kappa shape index (κ1) is 13.2. The first-order valence-electron chi connectivity index (χ1n) is 7.58. The number of nitrogen functional groups attached to an aromatic ring is 1. The molecular formula is C17H23N3. The molecular weight excluding hydrogens is 246 g/mol. The van der Waals surface area contributed by atoms with Crippen molar-refractivity contribution in [3.63, 3.8) is 0 Å². The third kappa shape index (κ3) is 2.45. The van der Waals surface area contributed by atoms with Gasteiger partial charge in [-0.2, -0.15) is 5.10 Å². The Morgan fingerprint density at radius 1 is 1.25 bits per heavy atom. The van der Waals surface area contributed by atoms with Crippen molar-refractivity contribution in [2.24, 2.45) is 5.92 Å². The zero-order valence-corrected chi connectivity index (χ0v) is 12.3. The molecule has 1 heterocycles. The van der Waals surface area contributed by atoms with Crippen LogP contribution in [0.2, 0.25) is 0 Å². The number of nitrogens with zero attached hydrogens (tertiary/aromatic N) is 1. The van der Waals surface area contributed by atoms with Crippen LogP contribution < -0.4 is 5.73 Å². The summed E-state index contributed by atoms with van der Waals surface area (Å²) in [7, 11) is 0. The number of nitrogens with two attached hydrogens (primary N) is 1. The molecule has 0 aliphatic heterocycles. The number of hydrogen-bond donors (Lipinski definition) is 2. The maximum absolute atomic E-state index is 6.06. The van der Waals surface area contributed by atoms with E-state index in [4.69, 9.17) is 5.73 Å². The fourth-order valence-corrected chi connectivity index (χ4v) is 2.88. The molecule has 20 heavy (non-hydrogen) atoms.